The van der Waals surface area contributed by atoms with Gasteiger partial charge in [-0.15, -0.1) is 0 Å². The number of nitrogens with one attached hydrogen (secondary N) is 2. The predicted octanol–water partition coefficient (Wildman–Crippen LogP) is 4.31. The summed E-state index contributed by atoms with van der Waals surface area (Å²) in [4.78, 5) is 25.3. The van der Waals surface area contributed by atoms with Crippen molar-refractivity contribution >= 4 is 17.5 Å². The summed E-state index contributed by atoms with van der Waals surface area (Å²) in [6, 6.07) is 17.9. The van der Waals surface area contributed by atoms with Gasteiger partial charge >= 0.3 is 0 Å². The van der Waals surface area contributed by atoms with E-state index in [2.05, 4.69) is 10.6 Å². The van der Waals surface area contributed by atoms with Gasteiger partial charge in [0.1, 0.15) is 11.5 Å². The van der Waals surface area contributed by atoms with Gasteiger partial charge in [-0.3, -0.25) is 9.59 Å². The van der Waals surface area contributed by atoms with Crippen molar-refractivity contribution < 1.29 is 18.7 Å². The fourth-order valence-electron chi connectivity index (χ4n) is 2.78. The van der Waals surface area contributed by atoms with Crippen molar-refractivity contribution in [1.82, 2.24) is 5.32 Å². The van der Waals surface area contributed by atoms with Gasteiger partial charge < -0.3 is 19.8 Å². The van der Waals surface area contributed by atoms with Gasteiger partial charge in [-0.05, 0) is 49.7 Å². The molecule has 0 saturated carbocycles. The Hall–Kier alpha value is -3.54. The lowest BCUT2D eigenvalue weighted by atomic mass is 10.1. The lowest BCUT2D eigenvalue weighted by Crippen LogP contribution is -2.33. The maximum atomic E-state index is 12.8. The maximum Gasteiger partial charge on any atom is 0.265 e. The van der Waals surface area contributed by atoms with Crippen LogP contribution in [-0.4, -0.2) is 17.9 Å². The fourth-order valence-corrected chi connectivity index (χ4v) is 2.78. The van der Waals surface area contributed by atoms with Crippen molar-refractivity contribution in [2.24, 2.45) is 0 Å². The minimum Gasteiger partial charge on any atom is -0.481 e. The van der Waals surface area contributed by atoms with Gasteiger partial charge in [-0.1, -0.05) is 36.8 Å². The summed E-state index contributed by atoms with van der Waals surface area (Å²) in [7, 11) is 0. The Balaban J connectivity index is 1.67. The molecule has 0 aliphatic heterocycles. The second kappa shape index (κ2) is 9.59. The first-order valence-corrected chi connectivity index (χ1v) is 9.50. The number of rotatable bonds is 8. The number of aryl methyl sites for hydroxylation is 1. The van der Waals surface area contributed by atoms with Crippen LogP contribution in [0.15, 0.2) is 71.3 Å². The molecule has 2 N–H and O–H groups in total. The number of amides is 2. The third kappa shape index (κ3) is 5.48. The molecule has 0 fully saturated rings. The molecule has 2 amide bonds. The summed E-state index contributed by atoms with van der Waals surface area (Å²) in [5.41, 5.74) is 1.92. The normalized spacial score (nSPS) is 11.5. The van der Waals surface area contributed by atoms with Gasteiger partial charge in [-0.2, -0.15) is 0 Å². The van der Waals surface area contributed by atoms with E-state index >= 15 is 0 Å². The standard InChI is InChI=1S/C23H24N2O4/c1-3-21(29-17-12-10-16(2)11-13-17)23(27)25-20-9-5-4-8-19(20)22(26)24-15-18-7-6-14-28-18/h4-14,21H,3,15H2,1-2H3,(H,24,26)(H,25,27)/t21-/m1/s1. The minimum atomic E-state index is -0.669. The zero-order valence-corrected chi connectivity index (χ0v) is 16.5. The molecule has 0 saturated heterocycles. The number of carbonyl (C=O) groups is 2. The molecular weight excluding hydrogens is 368 g/mol. The van der Waals surface area contributed by atoms with Crippen LogP contribution in [0, 0.1) is 6.92 Å². The Kier molecular flexibility index (Phi) is 6.68. The van der Waals surface area contributed by atoms with Crippen LogP contribution in [0.2, 0.25) is 0 Å². The number of anilines is 1. The van der Waals surface area contributed by atoms with Crippen LogP contribution in [-0.2, 0) is 11.3 Å². The van der Waals surface area contributed by atoms with Crippen LogP contribution in [0.4, 0.5) is 5.69 Å². The van der Waals surface area contributed by atoms with Crippen LogP contribution >= 0.6 is 0 Å². The molecule has 2 aromatic carbocycles. The maximum absolute atomic E-state index is 12.8. The van der Waals surface area contributed by atoms with Crippen LogP contribution in [0.25, 0.3) is 0 Å². The molecular formula is C23H24N2O4. The summed E-state index contributed by atoms with van der Waals surface area (Å²) >= 11 is 0. The fraction of sp³-hybridized carbons (Fsp3) is 0.217. The van der Waals surface area contributed by atoms with Gasteiger partial charge in [-0.25, -0.2) is 0 Å². The molecule has 0 bridgehead atoms. The molecule has 1 atom stereocenters. The molecule has 0 unspecified atom stereocenters. The Morgan fingerprint density at radius 1 is 1.03 bits per heavy atom. The third-order valence-corrected chi connectivity index (χ3v) is 4.40. The van der Waals surface area contributed by atoms with Crippen molar-refractivity contribution in [3.05, 3.63) is 83.8 Å². The van der Waals surface area contributed by atoms with Crippen LogP contribution < -0.4 is 15.4 Å². The molecule has 3 aromatic rings. The highest BCUT2D eigenvalue weighted by Gasteiger charge is 2.21. The number of para-hydroxylation sites is 1. The monoisotopic (exact) mass is 392 g/mol. The van der Waals surface area contributed by atoms with Crippen molar-refractivity contribution in [1.29, 1.82) is 0 Å². The highest BCUT2D eigenvalue weighted by Crippen LogP contribution is 2.19. The number of carbonyl (C=O) groups excluding carboxylic acids is 2. The van der Waals surface area contributed by atoms with Gasteiger partial charge in [0.15, 0.2) is 6.10 Å². The van der Waals surface area contributed by atoms with E-state index in [9.17, 15) is 9.59 Å². The summed E-state index contributed by atoms with van der Waals surface area (Å²) in [5.74, 6) is 0.670. The summed E-state index contributed by atoms with van der Waals surface area (Å²) < 4.78 is 11.0. The highest BCUT2D eigenvalue weighted by molar-refractivity contribution is 6.04. The molecule has 6 heteroatoms. The average Bonchev–Trinajstić information content (AvgIpc) is 3.25. The Morgan fingerprint density at radius 2 is 1.79 bits per heavy atom. The summed E-state index contributed by atoms with van der Waals surface area (Å²) in [5, 5.41) is 5.61. The number of benzene rings is 2. The Labute approximate surface area is 169 Å². The van der Waals surface area contributed by atoms with Crippen LogP contribution in [0.1, 0.15) is 35.0 Å². The van der Waals surface area contributed by atoms with E-state index in [-0.39, 0.29) is 18.4 Å². The first-order chi connectivity index (χ1) is 14.1. The average molecular weight is 392 g/mol. The molecule has 3 rings (SSSR count). The van der Waals surface area contributed by atoms with Gasteiger partial charge in [0.2, 0.25) is 0 Å². The molecule has 0 spiro atoms. The quantitative estimate of drug-likeness (QED) is 0.598. The number of hydrogen-bond donors (Lipinski definition) is 2. The molecule has 150 valence electrons. The van der Waals surface area contributed by atoms with Crippen molar-refractivity contribution in [2.75, 3.05) is 5.32 Å². The molecule has 0 aliphatic carbocycles. The van der Waals surface area contributed by atoms with Crippen molar-refractivity contribution in [3.8, 4) is 5.75 Å². The zero-order valence-electron chi connectivity index (χ0n) is 16.5. The lowest BCUT2D eigenvalue weighted by Gasteiger charge is -2.18. The van der Waals surface area contributed by atoms with E-state index < -0.39 is 6.10 Å². The van der Waals surface area contributed by atoms with Crippen LogP contribution in [0.5, 0.6) is 5.75 Å². The highest BCUT2D eigenvalue weighted by atomic mass is 16.5. The molecule has 1 heterocycles. The second-order valence-corrected chi connectivity index (χ2v) is 6.62. The molecule has 0 radical (unpaired) electrons. The van der Waals surface area contributed by atoms with Gasteiger partial charge in [0, 0.05) is 0 Å². The van der Waals surface area contributed by atoms with E-state index in [4.69, 9.17) is 9.15 Å². The molecule has 1 aromatic heterocycles. The zero-order chi connectivity index (χ0) is 20.6. The van der Waals surface area contributed by atoms with E-state index in [1.165, 1.54) is 0 Å². The Bertz CT molecular complexity index is 949. The number of furan rings is 1. The number of ether oxygens (including phenoxy) is 1. The molecule has 0 aliphatic rings. The van der Waals surface area contributed by atoms with Crippen molar-refractivity contribution in [3.63, 3.8) is 0 Å². The van der Waals surface area contributed by atoms with Gasteiger partial charge in [0.05, 0.1) is 24.1 Å². The SMILES string of the molecule is CC[C@@H](Oc1ccc(C)cc1)C(=O)Nc1ccccc1C(=O)NCc1ccco1. The van der Waals surface area contributed by atoms with Crippen molar-refractivity contribution in [2.45, 2.75) is 32.9 Å². The molecule has 29 heavy (non-hydrogen) atoms. The number of hydrogen-bond acceptors (Lipinski definition) is 4. The smallest absolute Gasteiger partial charge is 0.265 e. The first-order valence-electron chi connectivity index (χ1n) is 9.50. The predicted molar refractivity (Wildman–Crippen MR) is 111 cm³/mol. The second-order valence-electron chi connectivity index (χ2n) is 6.62. The topological polar surface area (TPSA) is 80.6 Å². The molecule has 6 nitrogen and oxygen atoms in total. The van der Waals surface area contributed by atoms with E-state index in [0.717, 1.165) is 5.56 Å². The first kappa shape index (κ1) is 20.2. The minimum absolute atomic E-state index is 0.266. The van der Waals surface area contributed by atoms with E-state index in [1.807, 2.05) is 38.1 Å². The van der Waals surface area contributed by atoms with Gasteiger partial charge in [0.25, 0.3) is 11.8 Å². The summed E-state index contributed by atoms with van der Waals surface area (Å²) in [6.45, 7) is 4.13. The summed E-state index contributed by atoms with van der Waals surface area (Å²) in [6.07, 6.45) is 1.37. The van der Waals surface area contributed by atoms with E-state index in [0.29, 0.717) is 29.2 Å². The van der Waals surface area contributed by atoms with Crippen LogP contribution in [0.3, 0.4) is 0 Å². The largest absolute Gasteiger partial charge is 0.481 e. The Morgan fingerprint density at radius 3 is 2.48 bits per heavy atom. The third-order valence-electron chi connectivity index (χ3n) is 4.40. The lowest BCUT2D eigenvalue weighted by molar-refractivity contribution is -0.122. The van der Waals surface area contributed by atoms with E-state index in [1.54, 1.807) is 42.7 Å².